The molecule has 3 nitrogen and oxygen atoms in total. The van der Waals surface area contributed by atoms with Gasteiger partial charge < -0.3 is 16.8 Å². The van der Waals surface area contributed by atoms with E-state index in [-0.39, 0.29) is 49.6 Å². The molecular weight excluding hydrogens is 304 g/mol. The van der Waals surface area contributed by atoms with Gasteiger partial charge in [0.15, 0.2) is 0 Å². The number of rotatable bonds is 5. The van der Waals surface area contributed by atoms with Gasteiger partial charge >= 0.3 is 0 Å². The molecule has 0 aliphatic carbocycles. The van der Waals surface area contributed by atoms with Crippen LogP contribution in [0.4, 0.5) is 0 Å². The van der Waals surface area contributed by atoms with E-state index < -0.39 is 0 Å². The molecule has 0 aromatic carbocycles. The van der Waals surface area contributed by atoms with Crippen molar-refractivity contribution in [3.8, 4) is 0 Å². The molecular formula is C10H27Cl4N3. The van der Waals surface area contributed by atoms with Gasteiger partial charge in [0.05, 0.1) is 0 Å². The molecule has 0 amide bonds. The highest BCUT2D eigenvalue weighted by atomic mass is 35.5. The van der Waals surface area contributed by atoms with Gasteiger partial charge in [-0.05, 0) is 51.2 Å². The van der Waals surface area contributed by atoms with E-state index in [1.54, 1.807) is 0 Å². The van der Waals surface area contributed by atoms with Crippen LogP contribution < -0.4 is 16.8 Å². The van der Waals surface area contributed by atoms with Crippen molar-refractivity contribution in [3.63, 3.8) is 0 Å². The first-order valence-corrected chi connectivity index (χ1v) is 5.50. The molecule has 17 heavy (non-hydrogen) atoms. The van der Waals surface area contributed by atoms with Crippen molar-refractivity contribution in [2.75, 3.05) is 19.6 Å². The molecule has 1 rings (SSSR count). The van der Waals surface area contributed by atoms with Gasteiger partial charge in [-0.25, -0.2) is 0 Å². The van der Waals surface area contributed by atoms with Gasteiger partial charge in [-0.2, -0.15) is 0 Å². The maximum Gasteiger partial charge on any atom is 0.00671 e. The lowest BCUT2D eigenvalue weighted by molar-refractivity contribution is 0.349. The summed E-state index contributed by atoms with van der Waals surface area (Å²) in [5.41, 5.74) is 11.2. The van der Waals surface area contributed by atoms with Gasteiger partial charge in [0.1, 0.15) is 0 Å². The van der Waals surface area contributed by atoms with Crippen LogP contribution in [0.15, 0.2) is 0 Å². The maximum atomic E-state index is 5.60. The molecule has 5 N–H and O–H groups in total. The predicted octanol–water partition coefficient (Wildman–Crippen LogP) is 2.13. The zero-order valence-corrected chi connectivity index (χ0v) is 13.4. The Bertz CT molecular complexity index is 131. The minimum atomic E-state index is 0. The third kappa shape index (κ3) is 11.8. The van der Waals surface area contributed by atoms with Crippen molar-refractivity contribution in [2.45, 2.75) is 38.1 Å². The fraction of sp³-hybridized carbons (Fsp3) is 1.00. The van der Waals surface area contributed by atoms with Gasteiger partial charge in [-0.1, -0.05) is 6.42 Å². The molecule has 1 unspecified atom stereocenters. The molecule has 1 aliphatic rings. The number of nitrogens with one attached hydrogen (secondary N) is 1. The zero-order valence-electron chi connectivity index (χ0n) is 10.1. The normalized spacial score (nSPS) is 18.2. The first-order valence-electron chi connectivity index (χ1n) is 5.50. The standard InChI is InChI=1S/C10H23N3.4ClH/c11-7-9(8-12)4-5-10-3-1-2-6-13-10;;;;/h9-10,13H,1-8,11-12H2;4*1H. The van der Waals surface area contributed by atoms with Gasteiger partial charge in [-0.3, -0.25) is 0 Å². The van der Waals surface area contributed by atoms with Crippen LogP contribution in [0.5, 0.6) is 0 Å². The molecule has 1 heterocycles. The summed E-state index contributed by atoms with van der Waals surface area (Å²) in [6.07, 6.45) is 6.49. The summed E-state index contributed by atoms with van der Waals surface area (Å²) >= 11 is 0. The van der Waals surface area contributed by atoms with Crippen molar-refractivity contribution in [1.82, 2.24) is 5.32 Å². The van der Waals surface area contributed by atoms with E-state index in [9.17, 15) is 0 Å². The van der Waals surface area contributed by atoms with Crippen molar-refractivity contribution in [2.24, 2.45) is 17.4 Å². The second-order valence-electron chi connectivity index (χ2n) is 4.06. The zero-order chi connectivity index (χ0) is 9.52. The van der Waals surface area contributed by atoms with E-state index >= 15 is 0 Å². The van der Waals surface area contributed by atoms with Gasteiger partial charge in [-0.15, -0.1) is 49.6 Å². The Labute approximate surface area is 130 Å². The topological polar surface area (TPSA) is 64.1 Å². The number of piperidine rings is 1. The van der Waals surface area contributed by atoms with E-state index in [2.05, 4.69) is 5.32 Å². The summed E-state index contributed by atoms with van der Waals surface area (Å²) in [4.78, 5) is 0. The second kappa shape index (κ2) is 17.0. The Morgan fingerprint density at radius 1 is 1.00 bits per heavy atom. The van der Waals surface area contributed by atoms with Crippen LogP contribution in [0.2, 0.25) is 0 Å². The smallest absolute Gasteiger partial charge is 0.00671 e. The summed E-state index contributed by atoms with van der Waals surface area (Å²) in [5, 5.41) is 3.54. The molecule has 0 bridgehead atoms. The Balaban J connectivity index is -0.000000211. The van der Waals surface area contributed by atoms with E-state index in [0.29, 0.717) is 5.92 Å². The second-order valence-corrected chi connectivity index (χ2v) is 4.06. The van der Waals surface area contributed by atoms with Crippen LogP contribution in [-0.4, -0.2) is 25.7 Å². The molecule has 0 spiro atoms. The van der Waals surface area contributed by atoms with Crippen LogP contribution in [0.25, 0.3) is 0 Å². The van der Waals surface area contributed by atoms with E-state index in [4.69, 9.17) is 11.5 Å². The highest BCUT2D eigenvalue weighted by molar-refractivity contribution is 5.86. The Morgan fingerprint density at radius 2 is 1.59 bits per heavy atom. The fourth-order valence-corrected chi connectivity index (χ4v) is 1.94. The Morgan fingerprint density at radius 3 is 2.00 bits per heavy atom. The van der Waals surface area contributed by atoms with Crippen molar-refractivity contribution >= 4 is 49.6 Å². The maximum absolute atomic E-state index is 5.60. The lowest BCUT2D eigenvalue weighted by Crippen LogP contribution is -2.35. The summed E-state index contributed by atoms with van der Waals surface area (Å²) in [5.74, 6) is 0.531. The van der Waals surface area contributed by atoms with Gasteiger partial charge in [0.25, 0.3) is 0 Å². The molecule has 110 valence electrons. The third-order valence-electron chi connectivity index (χ3n) is 3.00. The van der Waals surface area contributed by atoms with Crippen LogP contribution in [0, 0.1) is 5.92 Å². The van der Waals surface area contributed by atoms with Gasteiger partial charge in [0, 0.05) is 6.04 Å². The third-order valence-corrected chi connectivity index (χ3v) is 3.00. The van der Waals surface area contributed by atoms with Crippen LogP contribution >= 0.6 is 49.6 Å². The van der Waals surface area contributed by atoms with E-state index in [1.165, 1.54) is 38.6 Å². The lowest BCUT2D eigenvalue weighted by Gasteiger charge is -2.24. The highest BCUT2D eigenvalue weighted by Crippen LogP contribution is 2.14. The molecule has 1 fully saturated rings. The minimum Gasteiger partial charge on any atom is -0.330 e. The first-order chi connectivity index (χ1) is 6.36. The largest absolute Gasteiger partial charge is 0.330 e. The Hall–Kier alpha value is 1.04. The molecule has 0 saturated carbocycles. The monoisotopic (exact) mass is 329 g/mol. The predicted molar refractivity (Wildman–Crippen MR) is 85.5 cm³/mol. The van der Waals surface area contributed by atoms with Crippen molar-refractivity contribution in [3.05, 3.63) is 0 Å². The average molecular weight is 331 g/mol. The lowest BCUT2D eigenvalue weighted by atomic mass is 9.95. The van der Waals surface area contributed by atoms with Crippen molar-refractivity contribution < 1.29 is 0 Å². The summed E-state index contributed by atoms with van der Waals surface area (Å²) < 4.78 is 0. The van der Waals surface area contributed by atoms with E-state index in [1.807, 2.05) is 0 Å². The molecule has 7 heteroatoms. The first kappa shape index (κ1) is 26.6. The molecule has 1 atom stereocenters. The fourth-order valence-electron chi connectivity index (χ4n) is 1.94. The molecule has 1 aliphatic heterocycles. The number of halogens is 4. The SMILES string of the molecule is Cl.Cl.Cl.Cl.NCC(CN)CCC1CCCCN1. The number of nitrogens with two attached hydrogens (primary N) is 2. The van der Waals surface area contributed by atoms with Crippen LogP contribution in [-0.2, 0) is 0 Å². The van der Waals surface area contributed by atoms with Crippen LogP contribution in [0.1, 0.15) is 32.1 Å². The molecule has 0 radical (unpaired) electrons. The molecule has 1 saturated heterocycles. The molecule has 0 aromatic rings. The highest BCUT2D eigenvalue weighted by Gasteiger charge is 2.13. The quantitative estimate of drug-likeness (QED) is 0.723. The summed E-state index contributed by atoms with van der Waals surface area (Å²) in [7, 11) is 0. The minimum absolute atomic E-state index is 0. The number of hydrogen-bond acceptors (Lipinski definition) is 3. The van der Waals surface area contributed by atoms with Crippen molar-refractivity contribution in [1.29, 1.82) is 0 Å². The van der Waals surface area contributed by atoms with Gasteiger partial charge in [0.2, 0.25) is 0 Å². The number of hydrogen-bond donors (Lipinski definition) is 3. The summed E-state index contributed by atoms with van der Waals surface area (Å²) in [6, 6.07) is 0.731. The summed E-state index contributed by atoms with van der Waals surface area (Å²) in [6.45, 7) is 2.67. The molecule has 0 aromatic heterocycles. The Kier molecular flexibility index (Phi) is 26.6. The van der Waals surface area contributed by atoms with Crippen LogP contribution in [0.3, 0.4) is 0 Å². The van der Waals surface area contributed by atoms with E-state index in [0.717, 1.165) is 19.1 Å². The average Bonchev–Trinajstić information content (AvgIpc) is 2.21.